The fraction of sp³-hybridized carbons (Fsp3) is 0.333. The Morgan fingerprint density at radius 3 is 2.85 bits per heavy atom. The van der Waals surface area contributed by atoms with Gasteiger partial charge in [-0.05, 0) is 19.1 Å². The largest absolute Gasteiger partial charge is 0.446 e. The maximum Gasteiger partial charge on any atom is 0.355 e. The molecule has 1 aromatic heterocycles. The molecule has 68 valence electrons. The van der Waals surface area contributed by atoms with E-state index >= 15 is 0 Å². The van der Waals surface area contributed by atoms with Crippen molar-refractivity contribution in [2.45, 2.75) is 6.92 Å². The number of nitriles is 1. The average molecular weight is 178 g/mol. The maximum absolute atomic E-state index is 11.2. The third-order valence-corrected chi connectivity index (χ3v) is 1.85. The number of nitrogens with zero attached hydrogens (tertiary/aromatic N) is 2. The molecule has 0 amide bonds. The van der Waals surface area contributed by atoms with Crippen molar-refractivity contribution >= 4 is 5.97 Å². The average Bonchev–Trinajstić information content (AvgIpc) is 2.44. The van der Waals surface area contributed by atoms with Crippen LogP contribution in [0, 0.1) is 18.3 Å². The smallest absolute Gasteiger partial charge is 0.355 e. The summed E-state index contributed by atoms with van der Waals surface area (Å²) in [7, 11) is 1.78. The molecule has 0 unspecified atom stereocenters. The fourth-order valence-corrected chi connectivity index (χ4v) is 0.990. The molecule has 0 aromatic carbocycles. The molecule has 0 radical (unpaired) electrons. The molecule has 0 aliphatic carbocycles. The summed E-state index contributed by atoms with van der Waals surface area (Å²) in [6.45, 7) is 1.68. The molecule has 0 saturated carbocycles. The maximum atomic E-state index is 11.2. The lowest BCUT2D eigenvalue weighted by Crippen LogP contribution is -2.10. The van der Waals surface area contributed by atoms with Gasteiger partial charge in [-0.1, -0.05) is 0 Å². The highest BCUT2D eigenvalue weighted by Crippen LogP contribution is 2.06. The van der Waals surface area contributed by atoms with E-state index in [-0.39, 0.29) is 6.61 Å². The van der Waals surface area contributed by atoms with Crippen LogP contribution in [0.2, 0.25) is 0 Å². The monoisotopic (exact) mass is 178 g/mol. The summed E-state index contributed by atoms with van der Waals surface area (Å²) in [5, 5.41) is 8.20. The lowest BCUT2D eigenvalue weighted by atomic mass is 10.4. The van der Waals surface area contributed by atoms with Crippen molar-refractivity contribution in [2.24, 2.45) is 7.05 Å². The van der Waals surface area contributed by atoms with Gasteiger partial charge in [-0.3, -0.25) is 0 Å². The van der Waals surface area contributed by atoms with Crippen LogP contribution in [0.15, 0.2) is 12.1 Å². The van der Waals surface area contributed by atoms with Gasteiger partial charge in [0.25, 0.3) is 0 Å². The molecule has 1 rings (SSSR count). The number of hydrogen-bond donors (Lipinski definition) is 0. The van der Waals surface area contributed by atoms with Crippen molar-refractivity contribution in [3.63, 3.8) is 0 Å². The van der Waals surface area contributed by atoms with E-state index in [4.69, 9.17) is 5.26 Å². The van der Waals surface area contributed by atoms with Gasteiger partial charge in [0.05, 0.1) is 0 Å². The van der Waals surface area contributed by atoms with E-state index < -0.39 is 5.97 Å². The van der Waals surface area contributed by atoms with Gasteiger partial charge < -0.3 is 9.30 Å². The third kappa shape index (κ3) is 1.88. The zero-order valence-electron chi connectivity index (χ0n) is 7.57. The molecule has 4 heteroatoms. The van der Waals surface area contributed by atoms with Crippen molar-refractivity contribution in [2.75, 3.05) is 6.61 Å². The summed E-state index contributed by atoms with van der Waals surface area (Å²) >= 11 is 0. The van der Waals surface area contributed by atoms with Gasteiger partial charge >= 0.3 is 5.97 Å². The molecule has 1 heterocycles. The Balaban J connectivity index is 2.78. The Morgan fingerprint density at radius 2 is 2.38 bits per heavy atom. The minimum Gasteiger partial charge on any atom is -0.446 e. The minimum absolute atomic E-state index is 0.205. The predicted molar refractivity (Wildman–Crippen MR) is 46.0 cm³/mol. The number of hydrogen-bond acceptors (Lipinski definition) is 3. The zero-order chi connectivity index (χ0) is 9.84. The van der Waals surface area contributed by atoms with Gasteiger partial charge in [-0.15, -0.1) is 0 Å². The Labute approximate surface area is 76.3 Å². The van der Waals surface area contributed by atoms with Crippen LogP contribution in [-0.4, -0.2) is 17.1 Å². The first-order valence-corrected chi connectivity index (χ1v) is 3.83. The number of carbonyl (C=O) groups is 1. The number of rotatable bonds is 2. The van der Waals surface area contributed by atoms with Gasteiger partial charge in [0.2, 0.25) is 0 Å². The van der Waals surface area contributed by atoms with Crippen LogP contribution in [0.25, 0.3) is 0 Å². The van der Waals surface area contributed by atoms with Gasteiger partial charge in [0.15, 0.2) is 6.61 Å². The molecule has 0 bridgehead atoms. The third-order valence-electron chi connectivity index (χ3n) is 1.85. The van der Waals surface area contributed by atoms with E-state index in [1.54, 1.807) is 23.8 Å². The molecule has 0 fully saturated rings. The van der Waals surface area contributed by atoms with E-state index in [1.807, 2.05) is 13.0 Å². The van der Waals surface area contributed by atoms with Crippen molar-refractivity contribution in [1.29, 1.82) is 5.26 Å². The summed E-state index contributed by atoms with van der Waals surface area (Å²) in [5.74, 6) is -0.461. The Bertz CT molecular complexity index is 360. The SMILES string of the molecule is Cc1ccc(C(=O)OCC#N)n1C. The van der Waals surface area contributed by atoms with Crippen LogP contribution in [0.4, 0.5) is 0 Å². The topological polar surface area (TPSA) is 55.0 Å². The number of aromatic nitrogens is 1. The Morgan fingerprint density at radius 1 is 1.69 bits per heavy atom. The molecule has 0 atom stereocenters. The van der Waals surface area contributed by atoms with Crippen LogP contribution in [0.5, 0.6) is 0 Å². The molecule has 4 nitrogen and oxygen atoms in total. The summed E-state index contributed by atoms with van der Waals surface area (Å²) in [6.07, 6.45) is 0. The Hall–Kier alpha value is -1.76. The molecular weight excluding hydrogens is 168 g/mol. The molecular formula is C9H10N2O2. The highest BCUT2D eigenvalue weighted by molar-refractivity contribution is 5.88. The van der Waals surface area contributed by atoms with Crippen LogP contribution in [0.1, 0.15) is 16.2 Å². The number of esters is 1. The fourth-order valence-electron chi connectivity index (χ4n) is 0.990. The van der Waals surface area contributed by atoms with Gasteiger partial charge in [-0.25, -0.2) is 4.79 Å². The first-order valence-electron chi connectivity index (χ1n) is 3.83. The first kappa shape index (κ1) is 9.33. The van der Waals surface area contributed by atoms with Crippen LogP contribution >= 0.6 is 0 Å². The molecule has 1 aromatic rings. The van der Waals surface area contributed by atoms with Crippen LogP contribution < -0.4 is 0 Å². The van der Waals surface area contributed by atoms with Gasteiger partial charge in [-0.2, -0.15) is 5.26 Å². The highest BCUT2D eigenvalue weighted by atomic mass is 16.5. The van der Waals surface area contributed by atoms with Crippen molar-refractivity contribution < 1.29 is 9.53 Å². The molecule has 0 aliphatic rings. The first-order chi connectivity index (χ1) is 6.16. The van der Waals surface area contributed by atoms with Crippen molar-refractivity contribution in [3.8, 4) is 6.07 Å². The Kier molecular flexibility index (Phi) is 2.70. The molecule has 0 saturated heterocycles. The molecule has 0 aliphatic heterocycles. The second-order valence-electron chi connectivity index (χ2n) is 2.65. The van der Waals surface area contributed by atoms with Crippen LogP contribution in [-0.2, 0) is 11.8 Å². The van der Waals surface area contributed by atoms with E-state index in [0.29, 0.717) is 5.69 Å². The van der Waals surface area contributed by atoms with Crippen molar-refractivity contribution in [1.82, 2.24) is 4.57 Å². The van der Waals surface area contributed by atoms with Gasteiger partial charge in [0, 0.05) is 12.7 Å². The second-order valence-corrected chi connectivity index (χ2v) is 2.65. The standard InChI is InChI=1S/C9H10N2O2/c1-7-3-4-8(11(7)2)9(12)13-6-5-10/h3-4H,6H2,1-2H3. The number of aryl methyl sites for hydroxylation is 1. The summed E-state index contributed by atoms with van der Waals surface area (Å²) in [5.41, 5.74) is 1.44. The highest BCUT2D eigenvalue weighted by Gasteiger charge is 2.11. The normalized spacial score (nSPS) is 9.31. The van der Waals surface area contributed by atoms with E-state index in [1.165, 1.54) is 0 Å². The predicted octanol–water partition coefficient (Wildman–Crippen LogP) is 1.01. The second kappa shape index (κ2) is 3.76. The summed E-state index contributed by atoms with van der Waals surface area (Å²) < 4.78 is 6.37. The lowest BCUT2D eigenvalue weighted by molar-refractivity contribution is 0.0544. The van der Waals surface area contributed by atoms with Gasteiger partial charge in [0.1, 0.15) is 11.8 Å². The van der Waals surface area contributed by atoms with E-state index in [2.05, 4.69) is 4.74 Å². The molecule has 13 heavy (non-hydrogen) atoms. The molecule has 0 spiro atoms. The lowest BCUT2D eigenvalue weighted by Gasteiger charge is -2.02. The van der Waals surface area contributed by atoms with E-state index in [0.717, 1.165) is 5.69 Å². The van der Waals surface area contributed by atoms with Crippen molar-refractivity contribution in [3.05, 3.63) is 23.5 Å². The number of carbonyl (C=O) groups excluding carboxylic acids is 1. The minimum atomic E-state index is -0.461. The van der Waals surface area contributed by atoms with E-state index in [9.17, 15) is 4.79 Å². The molecule has 0 N–H and O–H groups in total. The van der Waals surface area contributed by atoms with Crippen LogP contribution in [0.3, 0.4) is 0 Å². The zero-order valence-corrected chi connectivity index (χ0v) is 7.57. The summed E-state index contributed by atoms with van der Waals surface area (Å²) in [6, 6.07) is 5.24. The number of ether oxygens (including phenoxy) is 1. The summed E-state index contributed by atoms with van der Waals surface area (Å²) in [4.78, 5) is 11.2. The quantitative estimate of drug-likeness (QED) is 0.635.